The molecule has 5 heteroatoms. The zero-order chi connectivity index (χ0) is 11.4. The number of rotatable bonds is 0. The van der Waals surface area contributed by atoms with Gasteiger partial charge < -0.3 is 4.74 Å². The molecule has 0 bridgehead atoms. The fraction of sp³-hybridized carbons (Fsp3) is 0.200. The van der Waals surface area contributed by atoms with Gasteiger partial charge in [-0.1, -0.05) is 12.1 Å². The molecule has 1 aliphatic rings. The molecule has 1 heterocycles. The van der Waals surface area contributed by atoms with E-state index in [0.29, 0.717) is 11.1 Å². The monoisotopic (exact) mass is 246 g/mol. The number of alkyl halides is 2. The maximum atomic E-state index is 10.8. The molecule has 1 aromatic rings. The first-order valence-corrected chi connectivity index (χ1v) is 5.03. The molecule has 80 valence electrons. The Morgan fingerprint density at radius 2 is 1.40 bits per heavy atom. The number of cyclic esters (lactones) is 2. The third kappa shape index (κ3) is 3.22. The Morgan fingerprint density at radius 3 is 1.73 bits per heavy atom. The number of esters is 2. The maximum Gasteiger partial charge on any atom is 0.346 e. The highest BCUT2D eigenvalue weighted by atomic mass is 35.5. The van der Waals surface area contributed by atoms with Crippen molar-refractivity contribution >= 4 is 35.1 Å². The molecule has 0 aromatic heterocycles. The summed E-state index contributed by atoms with van der Waals surface area (Å²) < 4.78 is 4.35. The topological polar surface area (TPSA) is 43.4 Å². The number of hydrogen-bond donors (Lipinski definition) is 0. The quantitative estimate of drug-likeness (QED) is 0.402. The largest absolute Gasteiger partial charge is 0.386 e. The highest BCUT2D eigenvalue weighted by molar-refractivity contribution is 6.43. The van der Waals surface area contributed by atoms with Gasteiger partial charge in [0.15, 0.2) is 0 Å². The first-order chi connectivity index (χ1) is 7.02. The third-order valence-corrected chi connectivity index (χ3v) is 1.55. The molecule has 3 nitrogen and oxygen atoms in total. The van der Waals surface area contributed by atoms with Gasteiger partial charge >= 0.3 is 11.9 Å². The molecule has 15 heavy (non-hydrogen) atoms. The van der Waals surface area contributed by atoms with Crippen LogP contribution < -0.4 is 0 Å². The van der Waals surface area contributed by atoms with Crippen LogP contribution in [0.25, 0.3) is 0 Å². The fourth-order valence-electron chi connectivity index (χ4n) is 1.03. The van der Waals surface area contributed by atoms with E-state index >= 15 is 0 Å². The lowest BCUT2D eigenvalue weighted by Crippen LogP contribution is -1.96. The summed E-state index contributed by atoms with van der Waals surface area (Å²) in [7, 11) is 0. The first-order valence-electron chi connectivity index (χ1n) is 4.16. The van der Waals surface area contributed by atoms with Crippen LogP contribution in [0.1, 0.15) is 27.6 Å². The van der Waals surface area contributed by atoms with E-state index in [-0.39, 0.29) is 4.84 Å². The van der Waals surface area contributed by atoms with Gasteiger partial charge in [0, 0.05) is 0 Å². The Bertz CT molecular complexity index is 352. The standard InChI is InChI=1S/C8H4O3.C2H4Cl2/c9-7-5-3-1-2-4-6(5)8(10)11-7;1-2(3)4/h1-4H;2H,1H3. The number of fused-ring (bicyclic) bond motifs is 1. The van der Waals surface area contributed by atoms with Gasteiger partial charge in [0.05, 0.1) is 11.1 Å². The van der Waals surface area contributed by atoms with Crippen molar-refractivity contribution in [2.24, 2.45) is 0 Å². The Kier molecular flexibility index (Phi) is 4.12. The van der Waals surface area contributed by atoms with Crippen molar-refractivity contribution in [2.45, 2.75) is 11.8 Å². The molecule has 0 spiro atoms. The highest BCUT2D eigenvalue weighted by Gasteiger charge is 2.28. The van der Waals surface area contributed by atoms with Crippen LogP contribution in [0, 0.1) is 0 Å². The molecule has 0 unspecified atom stereocenters. The molecule has 1 aromatic carbocycles. The lowest BCUT2D eigenvalue weighted by atomic mass is 10.1. The van der Waals surface area contributed by atoms with Gasteiger partial charge in [-0.3, -0.25) is 0 Å². The van der Waals surface area contributed by atoms with Gasteiger partial charge in [0.2, 0.25) is 0 Å². The first kappa shape index (κ1) is 12.0. The Morgan fingerprint density at radius 1 is 1.07 bits per heavy atom. The van der Waals surface area contributed by atoms with Gasteiger partial charge in [0.1, 0.15) is 4.84 Å². The summed E-state index contributed by atoms with van der Waals surface area (Å²) in [6.45, 7) is 1.70. The second kappa shape index (κ2) is 5.14. The van der Waals surface area contributed by atoms with E-state index in [1.165, 1.54) is 0 Å². The molecule has 0 N–H and O–H groups in total. The minimum absolute atomic E-state index is 0.222. The van der Waals surface area contributed by atoms with Crippen molar-refractivity contribution in [3.05, 3.63) is 35.4 Å². The van der Waals surface area contributed by atoms with Crippen molar-refractivity contribution in [3.63, 3.8) is 0 Å². The molecular formula is C10H8Cl2O3. The van der Waals surface area contributed by atoms with Crippen LogP contribution in [-0.4, -0.2) is 16.8 Å². The fourth-order valence-corrected chi connectivity index (χ4v) is 1.03. The van der Waals surface area contributed by atoms with Crippen molar-refractivity contribution in [1.82, 2.24) is 0 Å². The maximum absolute atomic E-state index is 10.8. The van der Waals surface area contributed by atoms with Crippen molar-refractivity contribution in [3.8, 4) is 0 Å². The zero-order valence-corrected chi connectivity index (χ0v) is 9.38. The molecule has 1 aliphatic heterocycles. The number of benzene rings is 1. The number of ether oxygens (including phenoxy) is 1. The van der Waals surface area contributed by atoms with Crippen LogP contribution in [0.15, 0.2) is 24.3 Å². The van der Waals surface area contributed by atoms with Crippen LogP contribution in [0.5, 0.6) is 0 Å². The molecule has 0 fully saturated rings. The number of carbonyl (C=O) groups is 2. The minimum atomic E-state index is -0.550. The predicted octanol–water partition coefficient (Wildman–Crippen LogP) is 2.81. The van der Waals surface area contributed by atoms with E-state index < -0.39 is 11.9 Å². The number of carbonyl (C=O) groups excluding carboxylic acids is 2. The van der Waals surface area contributed by atoms with E-state index in [2.05, 4.69) is 4.74 Å². The molecule has 0 radical (unpaired) electrons. The molecule has 0 amide bonds. The summed E-state index contributed by atoms with van der Waals surface area (Å²) in [5.74, 6) is -1.10. The van der Waals surface area contributed by atoms with Gasteiger partial charge in [-0.2, -0.15) is 0 Å². The van der Waals surface area contributed by atoms with Crippen LogP contribution >= 0.6 is 23.2 Å². The molecule has 0 saturated carbocycles. The third-order valence-electron chi connectivity index (χ3n) is 1.55. The van der Waals surface area contributed by atoms with Crippen LogP contribution in [0.3, 0.4) is 0 Å². The second-order valence-corrected chi connectivity index (χ2v) is 4.27. The summed E-state index contributed by atoms with van der Waals surface area (Å²) in [4.78, 5) is 21.4. The molecular weight excluding hydrogens is 239 g/mol. The van der Waals surface area contributed by atoms with Gasteiger partial charge in [-0.15, -0.1) is 23.2 Å². The Balaban J connectivity index is 0.000000245. The SMILES string of the molecule is CC(Cl)Cl.O=C1OC(=O)c2ccccc21. The summed E-state index contributed by atoms with van der Waals surface area (Å²) in [5.41, 5.74) is 0.718. The highest BCUT2D eigenvalue weighted by Crippen LogP contribution is 2.18. The average Bonchev–Trinajstić information content (AvgIpc) is 2.43. The molecule has 2 rings (SSSR count). The van der Waals surface area contributed by atoms with Crippen molar-refractivity contribution in [1.29, 1.82) is 0 Å². The van der Waals surface area contributed by atoms with E-state index in [1.54, 1.807) is 31.2 Å². The summed E-state index contributed by atoms with van der Waals surface area (Å²) >= 11 is 10.1. The van der Waals surface area contributed by atoms with Crippen LogP contribution in [0.2, 0.25) is 0 Å². The Hall–Kier alpha value is -1.06. The normalized spacial score (nSPS) is 13.1. The van der Waals surface area contributed by atoms with E-state index in [9.17, 15) is 9.59 Å². The van der Waals surface area contributed by atoms with E-state index in [4.69, 9.17) is 23.2 Å². The number of hydrogen-bond acceptors (Lipinski definition) is 3. The smallest absolute Gasteiger partial charge is 0.346 e. The Labute approximate surface area is 96.9 Å². The van der Waals surface area contributed by atoms with Gasteiger partial charge in [-0.25, -0.2) is 9.59 Å². The summed E-state index contributed by atoms with van der Waals surface area (Å²) in [6, 6.07) is 6.53. The predicted molar refractivity (Wildman–Crippen MR) is 57.4 cm³/mol. The molecule has 0 aliphatic carbocycles. The van der Waals surface area contributed by atoms with Crippen molar-refractivity contribution < 1.29 is 14.3 Å². The summed E-state index contributed by atoms with van der Waals surface area (Å²) in [6.07, 6.45) is 0. The van der Waals surface area contributed by atoms with Gasteiger partial charge in [-0.05, 0) is 19.1 Å². The van der Waals surface area contributed by atoms with E-state index in [0.717, 1.165) is 0 Å². The lowest BCUT2D eigenvalue weighted by molar-refractivity contribution is 0.0444. The summed E-state index contributed by atoms with van der Waals surface area (Å²) in [5, 5.41) is 0. The zero-order valence-electron chi connectivity index (χ0n) is 7.87. The second-order valence-electron chi connectivity index (χ2n) is 2.74. The molecule has 0 saturated heterocycles. The molecule has 0 atom stereocenters. The lowest BCUT2D eigenvalue weighted by Gasteiger charge is -1.86. The van der Waals surface area contributed by atoms with Gasteiger partial charge in [0.25, 0.3) is 0 Å². The van der Waals surface area contributed by atoms with Crippen molar-refractivity contribution in [2.75, 3.05) is 0 Å². The van der Waals surface area contributed by atoms with Crippen LogP contribution in [0.4, 0.5) is 0 Å². The minimum Gasteiger partial charge on any atom is -0.386 e. The average molecular weight is 247 g/mol. The number of halogens is 2. The van der Waals surface area contributed by atoms with Crippen LogP contribution in [-0.2, 0) is 4.74 Å². The van der Waals surface area contributed by atoms with E-state index in [1.807, 2.05) is 0 Å².